The summed E-state index contributed by atoms with van der Waals surface area (Å²) in [5.41, 5.74) is 0. The molecule has 0 aromatic carbocycles. The van der Waals surface area contributed by atoms with Gasteiger partial charge in [-0.25, -0.2) is 4.72 Å². The third-order valence-electron chi connectivity index (χ3n) is 4.47. The van der Waals surface area contributed by atoms with E-state index in [0.29, 0.717) is 25.1 Å². The summed E-state index contributed by atoms with van der Waals surface area (Å²) in [7, 11) is -3.59. The molecular weight excluding hydrogens is 318 g/mol. The standard InChI is InChI=1S/C15H23N3O4S/c1-2-12-6-7-14(22-12)13-4-3-9-18(13)23(20,21)16-10-11-5-8-15(19)17-11/h6-7,11,13,16H,2-5,8-10H2,1H3,(H,17,19)/t11-,13+/m0/s1. The predicted octanol–water partition coefficient (Wildman–Crippen LogP) is 1.09. The summed E-state index contributed by atoms with van der Waals surface area (Å²) in [5, 5.41) is 2.77. The van der Waals surface area contributed by atoms with Gasteiger partial charge in [0.1, 0.15) is 11.5 Å². The van der Waals surface area contributed by atoms with E-state index >= 15 is 0 Å². The Balaban J connectivity index is 1.66. The Morgan fingerprint density at radius 2 is 2.22 bits per heavy atom. The van der Waals surface area contributed by atoms with Crippen molar-refractivity contribution in [1.29, 1.82) is 0 Å². The smallest absolute Gasteiger partial charge is 0.280 e. The van der Waals surface area contributed by atoms with Gasteiger partial charge < -0.3 is 9.73 Å². The molecule has 0 aliphatic carbocycles. The van der Waals surface area contributed by atoms with Crippen molar-refractivity contribution in [2.75, 3.05) is 13.1 Å². The fraction of sp³-hybridized carbons (Fsp3) is 0.667. The average molecular weight is 341 g/mol. The van der Waals surface area contributed by atoms with Crippen LogP contribution in [0.2, 0.25) is 0 Å². The van der Waals surface area contributed by atoms with E-state index in [1.165, 1.54) is 4.31 Å². The van der Waals surface area contributed by atoms with Gasteiger partial charge >= 0.3 is 0 Å². The first-order valence-electron chi connectivity index (χ1n) is 8.14. The molecule has 2 atom stereocenters. The van der Waals surface area contributed by atoms with E-state index in [0.717, 1.165) is 25.0 Å². The van der Waals surface area contributed by atoms with Crippen LogP contribution in [0.4, 0.5) is 0 Å². The van der Waals surface area contributed by atoms with Gasteiger partial charge in [-0.15, -0.1) is 0 Å². The van der Waals surface area contributed by atoms with Crippen LogP contribution in [0, 0.1) is 0 Å². The Kier molecular flexibility index (Phi) is 4.74. The number of amides is 1. The molecule has 3 rings (SSSR count). The van der Waals surface area contributed by atoms with Crippen LogP contribution in [0.15, 0.2) is 16.5 Å². The fourth-order valence-corrected chi connectivity index (χ4v) is 4.69. The topological polar surface area (TPSA) is 91.7 Å². The molecule has 2 saturated heterocycles. The monoisotopic (exact) mass is 341 g/mol. The number of aryl methyl sites for hydroxylation is 1. The number of furan rings is 1. The second-order valence-corrected chi connectivity index (χ2v) is 7.79. The molecule has 1 aromatic rings. The molecule has 0 radical (unpaired) electrons. The molecule has 0 bridgehead atoms. The minimum absolute atomic E-state index is 0.0177. The molecule has 2 N–H and O–H groups in total. The second kappa shape index (κ2) is 6.62. The number of hydrogen-bond donors (Lipinski definition) is 2. The zero-order valence-electron chi connectivity index (χ0n) is 13.2. The summed E-state index contributed by atoms with van der Waals surface area (Å²) in [6.45, 7) is 2.72. The van der Waals surface area contributed by atoms with Crippen molar-refractivity contribution in [3.63, 3.8) is 0 Å². The Bertz CT molecular complexity index is 670. The van der Waals surface area contributed by atoms with Gasteiger partial charge in [0.05, 0.1) is 6.04 Å². The highest BCUT2D eigenvalue weighted by Gasteiger charge is 2.37. The highest BCUT2D eigenvalue weighted by Crippen LogP contribution is 2.34. The highest BCUT2D eigenvalue weighted by molar-refractivity contribution is 7.87. The molecule has 2 aliphatic rings. The van der Waals surface area contributed by atoms with Crippen LogP contribution in [-0.2, 0) is 21.4 Å². The highest BCUT2D eigenvalue weighted by atomic mass is 32.2. The maximum Gasteiger partial charge on any atom is 0.280 e. The molecule has 0 saturated carbocycles. The van der Waals surface area contributed by atoms with E-state index in [9.17, 15) is 13.2 Å². The minimum Gasteiger partial charge on any atom is -0.464 e. The number of carbonyl (C=O) groups excluding carboxylic acids is 1. The second-order valence-electron chi connectivity index (χ2n) is 6.08. The number of rotatable bonds is 6. The van der Waals surface area contributed by atoms with Gasteiger partial charge in [-0.1, -0.05) is 6.92 Å². The van der Waals surface area contributed by atoms with E-state index < -0.39 is 10.2 Å². The van der Waals surface area contributed by atoms with Crippen molar-refractivity contribution in [3.8, 4) is 0 Å². The first-order chi connectivity index (χ1) is 11.0. The molecule has 2 fully saturated rings. The lowest BCUT2D eigenvalue weighted by atomic mass is 10.2. The molecule has 1 aromatic heterocycles. The third-order valence-corrected chi connectivity index (χ3v) is 6.05. The van der Waals surface area contributed by atoms with Crippen LogP contribution in [0.1, 0.15) is 50.2 Å². The summed E-state index contributed by atoms with van der Waals surface area (Å²) in [6, 6.07) is 3.41. The number of carbonyl (C=O) groups is 1. The van der Waals surface area contributed by atoms with Crippen LogP contribution in [0.3, 0.4) is 0 Å². The maximum atomic E-state index is 12.6. The zero-order valence-corrected chi connectivity index (χ0v) is 14.1. The normalized spacial score (nSPS) is 25.9. The van der Waals surface area contributed by atoms with Crippen molar-refractivity contribution in [3.05, 3.63) is 23.7 Å². The van der Waals surface area contributed by atoms with Crippen molar-refractivity contribution < 1.29 is 17.6 Å². The van der Waals surface area contributed by atoms with E-state index in [2.05, 4.69) is 10.0 Å². The molecule has 7 nitrogen and oxygen atoms in total. The Morgan fingerprint density at radius 3 is 2.87 bits per heavy atom. The summed E-state index contributed by atoms with van der Waals surface area (Å²) in [4.78, 5) is 11.2. The average Bonchev–Trinajstić information content (AvgIpc) is 3.24. The predicted molar refractivity (Wildman–Crippen MR) is 84.9 cm³/mol. The van der Waals surface area contributed by atoms with Gasteiger partial charge in [0.2, 0.25) is 5.91 Å². The van der Waals surface area contributed by atoms with Crippen molar-refractivity contribution in [2.24, 2.45) is 0 Å². The number of nitrogens with zero attached hydrogens (tertiary/aromatic N) is 1. The molecular formula is C15H23N3O4S. The van der Waals surface area contributed by atoms with Crippen LogP contribution >= 0.6 is 0 Å². The van der Waals surface area contributed by atoms with E-state index in [1.54, 1.807) is 0 Å². The molecule has 8 heteroatoms. The lowest BCUT2D eigenvalue weighted by Crippen LogP contribution is -2.45. The van der Waals surface area contributed by atoms with Gasteiger partial charge in [-0.05, 0) is 31.4 Å². The SMILES string of the molecule is CCc1ccc([C@H]2CCCN2S(=O)(=O)NC[C@@H]2CCC(=O)N2)o1. The summed E-state index contributed by atoms with van der Waals surface area (Å²) in [5.74, 6) is 1.56. The van der Waals surface area contributed by atoms with Crippen LogP contribution in [0.25, 0.3) is 0 Å². The molecule has 2 aliphatic heterocycles. The molecule has 1 amide bonds. The van der Waals surface area contributed by atoms with Crippen molar-refractivity contribution in [1.82, 2.24) is 14.3 Å². The minimum atomic E-state index is -3.59. The van der Waals surface area contributed by atoms with Gasteiger partial charge in [-0.2, -0.15) is 12.7 Å². The van der Waals surface area contributed by atoms with Crippen molar-refractivity contribution >= 4 is 16.1 Å². The van der Waals surface area contributed by atoms with Crippen molar-refractivity contribution in [2.45, 2.75) is 51.1 Å². The summed E-state index contributed by atoms with van der Waals surface area (Å²) in [6.07, 6.45) is 3.50. The molecule has 0 unspecified atom stereocenters. The molecule has 128 valence electrons. The van der Waals surface area contributed by atoms with E-state index in [1.807, 2.05) is 19.1 Å². The van der Waals surface area contributed by atoms with Crippen LogP contribution in [0.5, 0.6) is 0 Å². The Morgan fingerprint density at radius 1 is 1.39 bits per heavy atom. The van der Waals surface area contributed by atoms with Gasteiger partial charge in [0.15, 0.2) is 0 Å². The maximum absolute atomic E-state index is 12.6. The Labute approximate surface area is 136 Å². The fourth-order valence-electron chi connectivity index (χ4n) is 3.20. The van der Waals surface area contributed by atoms with Crippen LogP contribution in [-0.4, -0.2) is 37.8 Å². The molecule has 3 heterocycles. The first-order valence-corrected chi connectivity index (χ1v) is 9.58. The molecule has 0 spiro atoms. The summed E-state index contributed by atoms with van der Waals surface area (Å²) < 4.78 is 35.0. The third kappa shape index (κ3) is 3.59. The van der Waals surface area contributed by atoms with E-state index in [4.69, 9.17) is 4.42 Å². The first kappa shape index (κ1) is 16.5. The Hall–Kier alpha value is -1.38. The van der Waals surface area contributed by atoms with Gasteiger partial charge in [0, 0.05) is 32.0 Å². The largest absolute Gasteiger partial charge is 0.464 e. The lowest BCUT2D eigenvalue weighted by Gasteiger charge is -2.23. The van der Waals surface area contributed by atoms with E-state index in [-0.39, 0.29) is 24.5 Å². The lowest BCUT2D eigenvalue weighted by molar-refractivity contribution is -0.119. The number of hydrogen-bond acceptors (Lipinski definition) is 4. The zero-order chi connectivity index (χ0) is 16.4. The quantitative estimate of drug-likeness (QED) is 0.810. The number of nitrogens with one attached hydrogen (secondary N) is 2. The summed E-state index contributed by atoms with van der Waals surface area (Å²) >= 11 is 0. The van der Waals surface area contributed by atoms with Gasteiger partial charge in [0.25, 0.3) is 10.2 Å². The molecule has 23 heavy (non-hydrogen) atoms. The van der Waals surface area contributed by atoms with Gasteiger partial charge in [-0.3, -0.25) is 4.79 Å². The van der Waals surface area contributed by atoms with Crippen LogP contribution < -0.4 is 10.0 Å².